The fourth-order valence-electron chi connectivity index (χ4n) is 3.92. The van der Waals surface area contributed by atoms with E-state index < -0.39 is 9.84 Å². The molecule has 150 valence electrons. The third-order valence-electron chi connectivity index (χ3n) is 5.57. The Morgan fingerprint density at radius 3 is 2.79 bits per heavy atom. The standard InChI is InChI=1S/C22H24N4O2S/c1-16-4-9-20-21(13-16)25-22(24-20)18-3-2-10-26(15-18)11-12-29(27,28)19-7-5-17(14-23)6-8-19/h4-9,13,18H,2-3,10-12,15H2,1H3,(H,24,25)/t18-/m0/s1. The maximum Gasteiger partial charge on any atom is 0.179 e. The number of nitriles is 1. The average Bonchev–Trinajstić information content (AvgIpc) is 3.16. The van der Waals surface area contributed by atoms with Crippen LogP contribution in [-0.4, -0.2) is 48.7 Å². The van der Waals surface area contributed by atoms with Gasteiger partial charge in [0.1, 0.15) is 5.82 Å². The molecule has 4 rings (SSSR count). The topological polar surface area (TPSA) is 89.8 Å². The predicted octanol–water partition coefficient (Wildman–Crippen LogP) is 3.40. The van der Waals surface area contributed by atoms with Crippen molar-refractivity contribution in [1.82, 2.24) is 14.9 Å². The molecule has 6 nitrogen and oxygen atoms in total. The van der Waals surface area contributed by atoms with E-state index >= 15 is 0 Å². The molecule has 1 aliphatic rings. The second kappa shape index (κ2) is 7.97. The zero-order valence-electron chi connectivity index (χ0n) is 16.4. The second-order valence-corrected chi connectivity index (χ2v) is 9.85. The van der Waals surface area contributed by atoms with Gasteiger partial charge in [-0.2, -0.15) is 5.26 Å². The van der Waals surface area contributed by atoms with Crippen LogP contribution in [0.15, 0.2) is 47.4 Å². The number of hydrogen-bond donors (Lipinski definition) is 1. The molecule has 2 aromatic carbocycles. The van der Waals surface area contributed by atoms with Crippen LogP contribution in [0.3, 0.4) is 0 Å². The molecule has 0 radical (unpaired) electrons. The van der Waals surface area contributed by atoms with E-state index in [1.54, 1.807) is 12.1 Å². The molecule has 0 amide bonds. The lowest BCUT2D eigenvalue weighted by Gasteiger charge is -2.31. The van der Waals surface area contributed by atoms with Gasteiger partial charge in [-0.1, -0.05) is 6.07 Å². The van der Waals surface area contributed by atoms with E-state index in [0.717, 1.165) is 42.8 Å². The molecule has 0 aliphatic carbocycles. The van der Waals surface area contributed by atoms with Crippen molar-refractivity contribution in [2.75, 3.05) is 25.4 Å². The average molecular weight is 409 g/mol. The fraction of sp³-hybridized carbons (Fsp3) is 0.364. The van der Waals surface area contributed by atoms with Gasteiger partial charge in [0.15, 0.2) is 9.84 Å². The molecular formula is C22H24N4O2S. The maximum atomic E-state index is 12.6. The van der Waals surface area contributed by atoms with E-state index in [2.05, 4.69) is 28.9 Å². The van der Waals surface area contributed by atoms with Crippen LogP contribution >= 0.6 is 0 Å². The van der Waals surface area contributed by atoms with E-state index in [4.69, 9.17) is 10.2 Å². The number of benzene rings is 2. The van der Waals surface area contributed by atoms with Crippen molar-refractivity contribution in [1.29, 1.82) is 5.26 Å². The first-order chi connectivity index (χ1) is 13.9. The van der Waals surface area contributed by atoms with Gasteiger partial charge in [-0.15, -0.1) is 0 Å². The lowest BCUT2D eigenvalue weighted by Crippen LogP contribution is -2.37. The summed E-state index contributed by atoms with van der Waals surface area (Å²) >= 11 is 0. The van der Waals surface area contributed by atoms with Crippen molar-refractivity contribution in [2.24, 2.45) is 0 Å². The van der Waals surface area contributed by atoms with Crippen LogP contribution in [-0.2, 0) is 9.84 Å². The number of rotatable bonds is 5. The normalized spacial score (nSPS) is 18.0. The van der Waals surface area contributed by atoms with Gasteiger partial charge < -0.3 is 9.88 Å². The summed E-state index contributed by atoms with van der Waals surface area (Å²) in [7, 11) is -3.37. The number of aromatic amines is 1. The molecule has 0 spiro atoms. The number of imidazole rings is 1. The first kappa shape index (κ1) is 19.6. The molecule has 1 N–H and O–H groups in total. The van der Waals surface area contributed by atoms with Gasteiger partial charge in [0.05, 0.1) is 33.3 Å². The Morgan fingerprint density at radius 2 is 2.03 bits per heavy atom. The largest absolute Gasteiger partial charge is 0.342 e. The number of fused-ring (bicyclic) bond motifs is 1. The molecule has 0 saturated carbocycles. The molecule has 1 saturated heterocycles. The van der Waals surface area contributed by atoms with Crippen molar-refractivity contribution in [2.45, 2.75) is 30.6 Å². The highest BCUT2D eigenvalue weighted by Crippen LogP contribution is 2.27. The van der Waals surface area contributed by atoms with Gasteiger partial charge in [0.2, 0.25) is 0 Å². The fourth-order valence-corrected chi connectivity index (χ4v) is 5.21. The predicted molar refractivity (Wildman–Crippen MR) is 112 cm³/mol. The van der Waals surface area contributed by atoms with Crippen LogP contribution in [0, 0.1) is 18.3 Å². The van der Waals surface area contributed by atoms with E-state index in [-0.39, 0.29) is 16.6 Å². The van der Waals surface area contributed by atoms with Crippen LogP contribution in [0.25, 0.3) is 11.0 Å². The molecule has 1 aromatic heterocycles. The summed E-state index contributed by atoms with van der Waals surface area (Å²) in [5.41, 5.74) is 3.70. The molecule has 1 aliphatic heterocycles. The van der Waals surface area contributed by atoms with Crippen molar-refractivity contribution in [3.8, 4) is 6.07 Å². The number of aryl methyl sites for hydroxylation is 1. The van der Waals surface area contributed by atoms with Crippen molar-refractivity contribution >= 4 is 20.9 Å². The van der Waals surface area contributed by atoms with E-state index in [1.165, 1.54) is 17.7 Å². The third-order valence-corrected chi connectivity index (χ3v) is 7.28. The molecular weight excluding hydrogens is 384 g/mol. The number of sulfone groups is 1. The number of hydrogen-bond acceptors (Lipinski definition) is 5. The number of likely N-dealkylation sites (tertiary alicyclic amines) is 1. The highest BCUT2D eigenvalue weighted by molar-refractivity contribution is 7.91. The van der Waals surface area contributed by atoms with Gasteiger partial charge in [0, 0.05) is 19.0 Å². The second-order valence-electron chi connectivity index (χ2n) is 7.74. The molecule has 0 unspecified atom stereocenters. The SMILES string of the molecule is Cc1ccc2nc([C@H]3CCCN(CCS(=O)(=O)c4ccc(C#N)cc4)C3)[nH]c2c1. The van der Waals surface area contributed by atoms with Crippen molar-refractivity contribution in [3.05, 3.63) is 59.4 Å². The third kappa shape index (κ3) is 4.34. The minimum atomic E-state index is -3.37. The monoisotopic (exact) mass is 408 g/mol. The van der Waals surface area contributed by atoms with Crippen LogP contribution in [0.1, 0.15) is 35.7 Å². The summed E-state index contributed by atoms with van der Waals surface area (Å²) in [5, 5.41) is 8.87. The van der Waals surface area contributed by atoms with Gasteiger partial charge in [-0.05, 0) is 68.3 Å². The number of aromatic nitrogens is 2. The zero-order valence-corrected chi connectivity index (χ0v) is 17.2. The van der Waals surface area contributed by atoms with E-state index in [1.807, 2.05) is 12.1 Å². The Bertz CT molecular complexity index is 1160. The number of nitrogens with one attached hydrogen (secondary N) is 1. The first-order valence-corrected chi connectivity index (χ1v) is 11.5. The molecule has 1 atom stereocenters. The van der Waals surface area contributed by atoms with Gasteiger partial charge >= 0.3 is 0 Å². The number of piperidine rings is 1. The van der Waals surface area contributed by atoms with Gasteiger partial charge in [0.25, 0.3) is 0 Å². The molecule has 0 bridgehead atoms. The van der Waals surface area contributed by atoms with Crippen LogP contribution in [0.5, 0.6) is 0 Å². The number of nitrogens with zero attached hydrogens (tertiary/aromatic N) is 3. The van der Waals surface area contributed by atoms with Crippen LogP contribution in [0.4, 0.5) is 0 Å². The zero-order chi connectivity index (χ0) is 20.4. The Labute approximate surface area is 171 Å². The molecule has 2 heterocycles. The summed E-state index contributed by atoms with van der Waals surface area (Å²) in [4.78, 5) is 10.7. The van der Waals surface area contributed by atoms with Gasteiger partial charge in [-0.3, -0.25) is 0 Å². The summed E-state index contributed by atoms with van der Waals surface area (Å²) in [6, 6.07) is 14.4. The molecule has 1 fully saturated rings. The molecule has 7 heteroatoms. The minimum absolute atomic E-state index is 0.0744. The Balaban J connectivity index is 1.42. The highest BCUT2D eigenvalue weighted by atomic mass is 32.2. The molecule has 3 aromatic rings. The number of H-pyrrole nitrogens is 1. The molecule has 29 heavy (non-hydrogen) atoms. The lowest BCUT2D eigenvalue weighted by atomic mass is 9.97. The van der Waals surface area contributed by atoms with Crippen LogP contribution in [0.2, 0.25) is 0 Å². The quantitative estimate of drug-likeness (QED) is 0.699. The smallest absolute Gasteiger partial charge is 0.179 e. The van der Waals surface area contributed by atoms with Crippen molar-refractivity contribution in [3.63, 3.8) is 0 Å². The van der Waals surface area contributed by atoms with Crippen molar-refractivity contribution < 1.29 is 8.42 Å². The maximum absolute atomic E-state index is 12.6. The van der Waals surface area contributed by atoms with E-state index in [0.29, 0.717) is 12.1 Å². The Kier molecular flexibility index (Phi) is 5.39. The van der Waals surface area contributed by atoms with Gasteiger partial charge in [-0.25, -0.2) is 13.4 Å². The summed E-state index contributed by atoms with van der Waals surface area (Å²) in [5.74, 6) is 1.35. The lowest BCUT2D eigenvalue weighted by molar-refractivity contribution is 0.215. The minimum Gasteiger partial charge on any atom is -0.342 e. The highest BCUT2D eigenvalue weighted by Gasteiger charge is 2.25. The summed E-state index contributed by atoms with van der Waals surface area (Å²) in [6.45, 7) is 4.27. The Morgan fingerprint density at radius 1 is 1.24 bits per heavy atom. The first-order valence-electron chi connectivity index (χ1n) is 9.86. The summed E-state index contributed by atoms with van der Waals surface area (Å²) < 4.78 is 25.3. The summed E-state index contributed by atoms with van der Waals surface area (Å²) in [6.07, 6.45) is 2.08. The van der Waals surface area contributed by atoms with Crippen LogP contribution < -0.4 is 0 Å². The van der Waals surface area contributed by atoms with E-state index in [9.17, 15) is 8.42 Å². The Hall–Kier alpha value is -2.69.